The number of hydrogen-bond donors (Lipinski definition) is 1. The van der Waals surface area contributed by atoms with Crippen molar-refractivity contribution < 1.29 is 4.79 Å². The summed E-state index contributed by atoms with van der Waals surface area (Å²) in [6, 6.07) is 2.03. The molecule has 0 aliphatic carbocycles. The minimum atomic E-state index is 0.0158. The van der Waals surface area contributed by atoms with E-state index in [1.54, 1.807) is 6.20 Å². The van der Waals surface area contributed by atoms with Gasteiger partial charge in [0.1, 0.15) is 0 Å². The summed E-state index contributed by atoms with van der Waals surface area (Å²) in [6.07, 6.45) is 7.03. The van der Waals surface area contributed by atoms with Gasteiger partial charge in [-0.15, -0.1) is 0 Å². The molecule has 0 bridgehead atoms. The summed E-state index contributed by atoms with van der Waals surface area (Å²) in [4.78, 5) is 16.3. The minimum absolute atomic E-state index is 0.0158. The fourth-order valence-electron chi connectivity index (χ4n) is 1.87. The second-order valence-corrected chi connectivity index (χ2v) is 4.70. The van der Waals surface area contributed by atoms with Crippen molar-refractivity contribution in [2.24, 2.45) is 0 Å². The molecule has 0 saturated carbocycles. The highest BCUT2D eigenvalue weighted by Gasteiger charge is 2.11. The van der Waals surface area contributed by atoms with Crippen molar-refractivity contribution >= 4 is 5.91 Å². The normalized spacial score (nSPS) is 10.4. The number of aromatic nitrogens is 1. The van der Waals surface area contributed by atoms with Gasteiger partial charge in [-0.2, -0.15) is 0 Å². The highest BCUT2D eigenvalue weighted by molar-refractivity contribution is 5.95. The van der Waals surface area contributed by atoms with Crippen LogP contribution in [0.1, 0.15) is 61.1 Å². The quantitative estimate of drug-likeness (QED) is 0.752. The maximum absolute atomic E-state index is 12.1. The van der Waals surface area contributed by atoms with Crippen LogP contribution < -0.4 is 5.32 Å². The molecule has 0 radical (unpaired) electrons. The molecule has 3 nitrogen and oxygen atoms in total. The Hall–Kier alpha value is -1.38. The first-order valence-corrected chi connectivity index (χ1v) is 6.92. The predicted octanol–water partition coefficient (Wildman–Crippen LogP) is 3.26. The number of rotatable bonds is 7. The minimum Gasteiger partial charge on any atom is -0.352 e. The lowest BCUT2D eigenvalue weighted by atomic mass is 10.0. The molecule has 3 heteroatoms. The zero-order valence-electron chi connectivity index (χ0n) is 11.8. The Labute approximate surface area is 110 Å². The van der Waals surface area contributed by atoms with Crippen molar-refractivity contribution in [1.29, 1.82) is 0 Å². The van der Waals surface area contributed by atoms with E-state index in [1.165, 1.54) is 0 Å². The van der Waals surface area contributed by atoms with Gasteiger partial charge < -0.3 is 5.32 Å². The SMILES string of the molecule is CCCCNC(=O)c1cnc(C)cc1CCCC. The van der Waals surface area contributed by atoms with Gasteiger partial charge in [-0.25, -0.2) is 0 Å². The summed E-state index contributed by atoms with van der Waals surface area (Å²) >= 11 is 0. The third-order valence-electron chi connectivity index (χ3n) is 2.99. The first-order chi connectivity index (χ1) is 8.69. The van der Waals surface area contributed by atoms with Crippen molar-refractivity contribution in [2.45, 2.75) is 52.9 Å². The monoisotopic (exact) mass is 248 g/mol. The first kappa shape index (κ1) is 14.7. The molecule has 1 amide bonds. The molecule has 0 aliphatic heterocycles. The van der Waals surface area contributed by atoms with Crippen LogP contribution in [0.3, 0.4) is 0 Å². The molecule has 1 aromatic rings. The average Bonchev–Trinajstić information content (AvgIpc) is 2.36. The van der Waals surface area contributed by atoms with Gasteiger partial charge in [0.2, 0.25) is 0 Å². The van der Waals surface area contributed by atoms with Crippen LogP contribution >= 0.6 is 0 Å². The summed E-state index contributed by atoms with van der Waals surface area (Å²) in [7, 11) is 0. The largest absolute Gasteiger partial charge is 0.352 e. The molecular formula is C15H24N2O. The van der Waals surface area contributed by atoms with Gasteiger partial charge in [-0.1, -0.05) is 26.7 Å². The van der Waals surface area contributed by atoms with E-state index < -0.39 is 0 Å². The van der Waals surface area contributed by atoms with Gasteiger partial charge in [-0.05, 0) is 37.8 Å². The van der Waals surface area contributed by atoms with Crippen molar-refractivity contribution in [3.8, 4) is 0 Å². The molecule has 18 heavy (non-hydrogen) atoms. The van der Waals surface area contributed by atoms with Crippen LogP contribution in [-0.4, -0.2) is 17.4 Å². The van der Waals surface area contributed by atoms with E-state index in [1.807, 2.05) is 13.0 Å². The summed E-state index contributed by atoms with van der Waals surface area (Å²) < 4.78 is 0. The molecule has 0 fully saturated rings. The van der Waals surface area contributed by atoms with Gasteiger partial charge in [0.05, 0.1) is 5.56 Å². The predicted molar refractivity (Wildman–Crippen MR) is 74.8 cm³/mol. The Balaban J connectivity index is 2.75. The van der Waals surface area contributed by atoms with Crippen LogP contribution in [0.15, 0.2) is 12.3 Å². The van der Waals surface area contributed by atoms with Crippen molar-refractivity contribution in [2.75, 3.05) is 6.54 Å². The molecular weight excluding hydrogens is 224 g/mol. The second-order valence-electron chi connectivity index (χ2n) is 4.70. The molecule has 0 saturated heterocycles. The maximum atomic E-state index is 12.1. The Kier molecular flexibility index (Phi) is 6.40. The number of aryl methyl sites for hydroxylation is 2. The molecule has 1 N–H and O–H groups in total. The van der Waals surface area contributed by atoms with Gasteiger partial charge in [-0.3, -0.25) is 9.78 Å². The number of amides is 1. The Morgan fingerprint density at radius 3 is 2.67 bits per heavy atom. The number of carbonyl (C=O) groups excluding carboxylic acids is 1. The third-order valence-corrected chi connectivity index (χ3v) is 2.99. The lowest BCUT2D eigenvalue weighted by molar-refractivity contribution is 0.0952. The Morgan fingerprint density at radius 2 is 2.00 bits per heavy atom. The summed E-state index contributed by atoms with van der Waals surface area (Å²) in [5.41, 5.74) is 2.84. The Bertz CT molecular complexity index is 388. The number of carbonyl (C=O) groups is 1. The first-order valence-electron chi connectivity index (χ1n) is 6.92. The smallest absolute Gasteiger partial charge is 0.253 e. The standard InChI is InChI=1S/C15H24N2O/c1-4-6-8-13-10-12(3)17-11-14(13)15(18)16-9-7-5-2/h10-11H,4-9H2,1-3H3,(H,16,18). The van der Waals surface area contributed by atoms with Gasteiger partial charge in [0, 0.05) is 18.4 Å². The molecule has 1 rings (SSSR count). The van der Waals surface area contributed by atoms with E-state index in [2.05, 4.69) is 24.1 Å². The molecule has 0 aromatic carbocycles. The lowest BCUT2D eigenvalue weighted by Crippen LogP contribution is -2.25. The molecule has 1 aromatic heterocycles. The van der Waals surface area contributed by atoms with E-state index in [0.29, 0.717) is 0 Å². The molecule has 0 atom stereocenters. The van der Waals surface area contributed by atoms with E-state index in [4.69, 9.17) is 0 Å². The molecule has 100 valence electrons. The van der Waals surface area contributed by atoms with E-state index in [0.717, 1.165) is 55.5 Å². The van der Waals surface area contributed by atoms with Crippen molar-refractivity contribution in [3.63, 3.8) is 0 Å². The molecule has 1 heterocycles. The molecule has 0 aliphatic rings. The summed E-state index contributed by atoms with van der Waals surface area (Å²) in [5, 5.41) is 2.96. The number of unbranched alkanes of at least 4 members (excludes halogenated alkanes) is 2. The lowest BCUT2D eigenvalue weighted by Gasteiger charge is -2.10. The fourth-order valence-corrected chi connectivity index (χ4v) is 1.87. The van der Waals surface area contributed by atoms with Crippen LogP contribution in [0, 0.1) is 6.92 Å². The highest BCUT2D eigenvalue weighted by Crippen LogP contribution is 2.13. The van der Waals surface area contributed by atoms with E-state index >= 15 is 0 Å². The van der Waals surface area contributed by atoms with Crippen molar-refractivity contribution in [3.05, 3.63) is 29.1 Å². The van der Waals surface area contributed by atoms with Crippen LogP contribution in [0.5, 0.6) is 0 Å². The van der Waals surface area contributed by atoms with Crippen LogP contribution in [0.25, 0.3) is 0 Å². The highest BCUT2D eigenvalue weighted by atomic mass is 16.1. The number of pyridine rings is 1. The number of hydrogen-bond acceptors (Lipinski definition) is 2. The van der Waals surface area contributed by atoms with E-state index in [9.17, 15) is 4.79 Å². The maximum Gasteiger partial charge on any atom is 0.253 e. The van der Waals surface area contributed by atoms with Crippen LogP contribution in [-0.2, 0) is 6.42 Å². The zero-order chi connectivity index (χ0) is 13.4. The second kappa shape index (κ2) is 7.85. The zero-order valence-corrected chi connectivity index (χ0v) is 11.8. The number of nitrogens with zero attached hydrogens (tertiary/aromatic N) is 1. The van der Waals surface area contributed by atoms with Gasteiger partial charge in [0.15, 0.2) is 0 Å². The Morgan fingerprint density at radius 1 is 1.28 bits per heavy atom. The van der Waals surface area contributed by atoms with Crippen LogP contribution in [0.4, 0.5) is 0 Å². The molecule has 0 unspecified atom stereocenters. The van der Waals surface area contributed by atoms with E-state index in [-0.39, 0.29) is 5.91 Å². The van der Waals surface area contributed by atoms with Gasteiger partial charge in [0.25, 0.3) is 5.91 Å². The van der Waals surface area contributed by atoms with Crippen molar-refractivity contribution in [1.82, 2.24) is 10.3 Å². The summed E-state index contributed by atoms with van der Waals surface area (Å²) in [6.45, 7) is 6.99. The summed E-state index contributed by atoms with van der Waals surface area (Å²) in [5.74, 6) is 0.0158. The fraction of sp³-hybridized carbons (Fsp3) is 0.600. The van der Waals surface area contributed by atoms with Gasteiger partial charge >= 0.3 is 0 Å². The molecule has 0 spiro atoms. The topological polar surface area (TPSA) is 42.0 Å². The average molecular weight is 248 g/mol. The van der Waals surface area contributed by atoms with Crippen LogP contribution in [0.2, 0.25) is 0 Å². The number of nitrogens with one attached hydrogen (secondary N) is 1. The third kappa shape index (κ3) is 4.47.